The monoisotopic (exact) mass is 626 g/mol. The molecule has 0 unspecified atom stereocenters. The van der Waals surface area contributed by atoms with Gasteiger partial charge in [0.2, 0.25) is 0 Å². The summed E-state index contributed by atoms with van der Waals surface area (Å²) in [5.74, 6) is 0. The molecule has 1 heteroatoms. The van der Waals surface area contributed by atoms with Gasteiger partial charge in [-0.15, -0.1) is 0 Å². The minimum absolute atomic E-state index is 0.0767. The van der Waals surface area contributed by atoms with Crippen molar-refractivity contribution in [2.75, 3.05) is 0 Å². The first-order valence-corrected chi connectivity index (χ1v) is 16.5. The average Bonchev–Trinajstić information content (AvgIpc) is 3.59. The van der Waals surface area contributed by atoms with Gasteiger partial charge in [0.1, 0.15) is 11.2 Å². The zero-order valence-corrected chi connectivity index (χ0v) is 26.4. The van der Waals surface area contributed by atoms with Gasteiger partial charge in [-0.25, -0.2) is 0 Å². The summed E-state index contributed by atoms with van der Waals surface area (Å²) in [5.41, 5.74) is 7.44. The van der Waals surface area contributed by atoms with E-state index in [9.17, 15) is 5.48 Å². The average molecular weight is 627 g/mol. The molecule has 0 amide bonds. The van der Waals surface area contributed by atoms with Crippen molar-refractivity contribution in [1.82, 2.24) is 0 Å². The number of furan rings is 1. The van der Waals surface area contributed by atoms with Crippen LogP contribution in [0, 0.1) is 0 Å². The summed E-state index contributed by atoms with van der Waals surface area (Å²) in [4.78, 5) is 0. The van der Waals surface area contributed by atoms with Gasteiger partial charge in [-0.2, -0.15) is 0 Å². The highest BCUT2D eigenvalue weighted by atomic mass is 16.3. The normalized spacial score (nSPS) is 12.8. The molecule has 0 spiro atoms. The summed E-state index contributed by atoms with van der Waals surface area (Å²) in [6.07, 6.45) is 0. The van der Waals surface area contributed by atoms with Gasteiger partial charge in [-0.05, 0) is 101 Å². The van der Waals surface area contributed by atoms with Crippen LogP contribution in [0.2, 0.25) is 0 Å². The molecular weight excluding hydrogens is 593 g/mol. The molecule has 0 N–H and O–H groups in total. The Balaban J connectivity index is 1.19. The molecule has 0 saturated heterocycles. The molecular formula is C48H30O. The summed E-state index contributed by atoms with van der Waals surface area (Å²) in [6.45, 7) is 0. The minimum atomic E-state index is -0.0871. The number of rotatable bonds is 4. The van der Waals surface area contributed by atoms with Gasteiger partial charge < -0.3 is 4.42 Å². The zero-order valence-electron chi connectivity index (χ0n) is 30.4. The first-order chi connectivity index (χ1) is 26.0. The van der Waals surface area contributed by atoms with Gasteiger partial charge >= 0.3 is 0 Å². The van der Waals surface area contributed by atoms with E-state index in [1.54, 1.807) is 0 Å². The van der Waals surface area contributed by atoms with Crippen molar-refractivity contribution in [3.8, 4) is 44.5 Å². The quantitative estimate of drug-likeness (QED) is 0.177. The molecule has 49 heavy (non-hydrogen) atoms. The van der Waals surface area contributed by atoms with Crippen LogP contribution in [0.5, 0.6) is 0 Å². The van der Waals surface area contributed by atoms with Crippen LogP contribution in [-0.4, -0.2) is 0 Å². The lowest BCUT2D eigenvalue weighted by atomic mass is 9.85. The second kappa shape index (κ2) is 11.1. The topological polar surface area (TPSA) is 13.1 Å². The Morgan fingerprint density at radius 2 is 0.918 bits per heavy atom. The van der Waals surface area contributed by atoms with E-state index < -0.39 is 0 Å². The molecule has 1 heterocycles. The van der Waals surface area contributed by atoms with Crippen LogP contribution in [0.15, 0.2) is 186 Å². The smallest absolute Gasteiger partial charge is 0.136 e. The van der Waals surface area contributed by atoms with Crippen molar-refractivity contribution >= 4 is 54.3 Å². The first kappa shape index (κ1) is 23.8. The fraction of sp³-hybridized carbons (Fsp3) is 0. The molecule has 0 atom stereocenters. The van der Waals surface area contributed by atoms with Gasteiger partial charge in [0.15, 0.2) is 0 Å². The van der Waals surface area contributed by atoms with E-state index in [-0.39, 0.29) is 29.7 Å². The van der Waals surface area contributed by atoms with E-state index in [0.29, 0.717) is 27.9 Å². The highest BCUT2D eigenvalue weighted by Gasteiger charge is 2.18. The maximum absolute atomic E-state index is 9.53. The van der Waals surface area contributed by atoms with Crippen molar-refractivity contribution in [2.24, 2.45) is 0 Å². The highest BCUT2D eigenvalue weighted by molar-refractivity contribution is 6.21. The number of hydrogen-bond acceptors (Lipinski definition) is 1. The van der Waals surface area contributed by atoms with E-state index in [2.05, 4.69) is 60.7 Å². The molecule has 0 aliphatic carbocycles. The van der Waals surface area contributed by atoms with Crippen LogP contribution >= 0.6 is 0 Å². The van der Waals surface area contributed by atoms with E-state index in [4.69, 9.17) is 4.42 Å². The van der Waals surface area contributed by atoms with Gasteiger partial charge in [0, 0.05) is 10.8 Å². The number of fused-ring (bicyclic) bond motifs is 6. The molecule has 228 valence electrons. The summed E-state index contributed by atoms with van der Waals surface area (Å²) >= 11 is 0. The third kappa shape index (κ3) is 4.47. The third-order valence-electron chi connectivity index (χ3n) is 9.72. The highest BCUT2D eigenvalue weighted by Crippen LogP contribution is 2.44. The van der Waals surface area contributed by atoms with Gasteiger partial charge in [0.25, 0.3) is 0 Å². The van der Waals surface area contributed by atoms with Crippen LogP contribution < -0.4 is 0 Å². The SMILES string of the molecule is [2H]c1c([2H])c(-c2cccc3oc4cc(-c5ccc6ccccc6c5)ccc4c23)c([2H])c([2H])c1-c1c2ccccc2c(-c2ccccc2)c2ccccc12. The van der Waals surface area contributed by atoms with Crippen molar-refractivity contribution < 1.29 is 9.90 Å². The molecule has 9 aromatic carbocycles. The second-order valence-corrected chi connectivity index (χ2v) is 12.5. The summed E-state index contributed by atoms with van der Waals surface area (Å²) in [6, 6.07) is 52.6. The minimum Gasteiger partial charge on any atom is -0.456 e. The molecule has 0 saturated carbocycles. The standard InChI is InChI=1S/C48H30O/c1-2-12-33(13-3-1)46-39-15-6-8-17-41(39)47(42-18-9-7-16-40(42)46)34-24-22-32(23-25-34)38-19-10-20-44-48(38)43-28-27-37(30-45(43)49-44)36-26-21-31-11-4-5-14-35(31)29-36/h1-30H/i22D,23D,24D,25D. The molecule has 0 aliphatic heterocycles. The Labute approximate surface area is 289 Å². The van der Waals surface area contributed by atoms with E-state index in [1.807, 2.05) is 97.1 Å². The number of hydrogen-bond donors (Lipinski definition) is 0. The second-order valence-electron chi connectivity index (χ2n) is 12.5. The van der Waals surface area contributed by atoms with Gasteiger partial charge in [-0.1, -0.05) is 158 Å². The molecule has 0 aliphatic rings. The summed E-state index contributed by atoms with van der Waals surface area (Å²) < 4.78 is 44.4. The zero-order chi connectivity index (χ0) is 35.8. The maximum Gasteiger partial charge on any atom is 0.136 e. The fourth-order valence-electron chi connectivity index (χ4n) is 7.47. The van der Waals surface area contributed by atoms with Crippen molar-refractivity contribution in [3.63, 3.8) is 0 Å². The Morgan fingerprint density at radius 3 is 1.63 bits per heavy atom. The largest absolute Gasteiger partial charge is 0.456 e. The van der Waals surface area contributed by atoms with Crippen LogP contribution in [0.1, 0.15) is 5.48 Å². The van der Waals surface area contributed by atoms with Crippen molar-refractivity contribution in [2.45, 2.75) is 0 Å². The number of benzene rings is 9. The lowest BCUT2D eigenvalue weighted by Gasteiger charge is -2.18. The molecule has 10 aromatic rings. The first-order valence-electron chi connectivity index (χ1n) is 18.5. The van der Waals surface area contributed by atoms with Gasteiger partial charge in [0.05, 0.1) is 5.48 Å². The van der Waals surface area contributed by atoms with Crippen LogP contribution in [-0.2, 0) is 0 Å². The predicted molar refractivity (Wildman–Crippen MR) is 208 cm³/mol. The summed E-state index contributed by atoms with van der Waals surface area (Å²) in [5, 5.41) is 7.71. The Morgan fingerprint density at radius 1 is 0.347 bits per heavy atom. The lowest BCUT2D eigenvalue weighted by Crippen LogP contribution is -1.90. The van der Waals surface area contributed by atoms with Crippen LogP contribution in [0.3, 0.4) is 0 Å². The Hall–Kier alpha value is -6.44. The van der Waals surface area contributed by atoms with Crippen molar-refractivity contribution in [1.29, 1.82) is 0 Å². The lowest BCUT2D eigenvalue weighted by molar-refractivity contribution is 0.669. The van der Waals surface area contributed by atoms with Crippen LogP contribution in [0.4, 0.5) is 0 Å². The molecule has 1 nitrogen and oxygen atoms in total. The molecule has 0 bridgehead atoms. The Kier molecular flexibility index (Phi) is 5.38. The fourth-order valence-corrected chi connectivity index (χ4v) is 7.47. The molecule has 0 radical (unpaired) electrons. The summed E-state index contributed by atoms with van der Waals surface area (Å²) in [7, 11) is 0. The van der Waals surface area contributed by atoms with E-state index in [0.717, 1.165) is 60.0 Å². The van der Waals surface area contributed by atoms with E-state index in [1.165, 1.54) is 5.39 Å². The molecule has 10 rings (SSSR count). The third-order valence-corrected chi connectivity index (χ3v) is 9.72. The van der Waals surface area contributed by atoms with Gasteiger partial charge in [-0.3, -0.25) is 0 Å². The predicted octanol–water partition coefficient (Wildman–Crippen LogP) is 13.7. The van der Waals surface area contributed by atoms with Crippen LogP contribution in [0.25, 0.3) is 98.8 Å². The molecule has 0 fully saturated rings. The van der Waals surface area contributed by atoms with E-state index >= 15 is 0 Å². The van der Waals surface area contributed by atoms with Crippen molar-refractivity contribution in [3.05, 3.63) is 182 Å². The Bertz CT molecular complexity index is 3020. The maximum atomic E-state index is 9.53. The molecule has 1 aromatic heterocycles.